The van der Waals surface area contributed by atoms with Crippen LogP contribution in [0.2, 0.25) is 0 Å². The lowest BCUT2D eigenvalue weighted by Crippen LogP contribution is -1.98. The second-order valence-corrected chi connectivity index (χ2v) is 2.96. The SMILES string of the molecule is Cc1c(CON)oc2ccccc12. The molecular formula is C10H11NO2. The Balaban J connectivity index is 2.60. The van der Waals surface area contributed by atoms with Crippen LogP contribution in [0.1, 0.15) is 11.3 Å². The van der Waals surface area contributed by atoms with E-state index >= 15 is 0 Å². The second-order valence-electron chi connectivity index (χ2n) is 2.96. The van der Waals surface area contributed by atoms with E-state index in [1.807, 2.05) is 31.2 Å². The average Bonchev–Trinajstić information content (AvgIpc) is 2.46. The van der Waals surface area contributed by atoms with Gasteiger partial charge in [0.2, 0.25) is 0 Å². The highest BCUT2D eigenvalue weighted by Crippen LogP contribution is 2.24. The van der Waals surface area contributed by atoms with Gasteiger partial charge in [-0.15, -0.1) is 0 Å². The highest BCUT2D eigenvalue weighted by molar-refractivity contribution is 5.81. The Kier molecular flexibility index (Phi) is 2.04. The summed E-state index contributed by atoms with van der Waals surface area (Å²) in [4.78, 5) is 4.54. The molecule has 0 fully saturated rings. The zero-order valence-corrected chi connectivity index (χ0v) is 7.41. The summed E-state index contributed by atoms with van der Waals surface area (Å²) in [6.07, 6.45) is 0. The molecule has 0 amide bonds. The van der Waals surface area contributed by atoms with Crippen molar-refractivity contribution in [2.45, 2.75) is 13.5 Å². The summed E-state index contributed by atoms with van der Waals surface area (Å²) in [5.74, 6) is 5.79. The van der Waals surface area contributed by atoms with E-state index in [2.05, 4.69) is 4.84 Å². The highest BCUT2D eigenvalue weighted by Gasteiger charge is 2.08. The standard InChI is InChI=1S/C10H11NO2/c1-7-8-4-2-3-5-9(8)13-10(7)6-12-11/h2-5H,6,11H2,1H3. The fourth-order valence-electron chi connectivity index (χ4n) is 1.44. The van der Waals surface area contributed by atoms with Gasteiger partial charge in [-0.25, -0.2) is 5.90 Å². The summed E-state index contributed by atoms with van der Waals surface area (Å²) in [5, 5.41) is 1.12. The number of rotatable bonds is 2. The van der Waals surface area contributed by atoms with Crippen LogP contribution < -0.4 is 5.90 Å². The molecule has 2 rings (SSSR count). The molecule has 1 aromatic carbocycles. The third-order valence-corrected chi connectivity index (χ3v) is 2.16. The van der Waals surface area contributed by atoms with Gasteiger partial charge in [-0.3, -0.25) is 4.84 Å². The van der Waals surface area contributed by atoms with E-state index in [9.17, 15) is 0 Å². The molecule has 0 bridgehead atoms. The Morgan fingerprint density at radius 2 is 2.15 bits per heavy atom. The maximum atomic E-state index is 5.53. The van der Waals surface area contributed by atoms with Crippen LogP contribution in [0, 0.1) is 6.92 Å². The lowest BCUT2D eigenvalue weighted by atomic mass is 10.1. The molecule has 2 N–H and O–H groups in total. The number of furan rings is 1. The molecule has 2 aromatic rings. The van der Waals surface area contributed by atoms with Crippen LogP contribution in [0.25, 0.3) is 11.0 Å². The van der Waals surface area contributed by atoms with E-state index in [-0.39, 0.29) is 0 Å². The Hall–Kier alpha value is -1.32. The Morgan fingerprint density at radius 3 is 2.85 bits per heavy atom. The minimum absolute atomic E-state index is 0.320. The van der Waals surface area contributed by atoms with Gasteiger partial charge in [0.25, 0.3) is 0 Å². The maximum absolute atomic E-state index is 5.53. The van der Waals surface area contributed by atoms with Gasteiger partial charge in [-0.2, -0.15) is 0 Å². The molecule has 13 heavy (non-hydrogen) atoms. The van der Waals surface area contributed by atoms with Gasteiger partial charge < -0.3 is 4.42 Å². The van der Waals surface area contributed by atoms with Gasteiger partial charge in [-0.1, -0.05) is 18.2 Å². The zero-order chi connectivity index (χ0) is 9.26. The van der Waals surface area contributed by atoms with E-state index < -0.39 is 0 Å². The van der Waals surface area contributed by atoms with Crippen LogP contribution in [0.15, 0.2) is 28.7 Å². The van der Waals surface area contributed by atoms with Crippen molar-refractivity contribution in [3.05, 3.63) is 35.6 Å². The molecule has 0 radical (unpaired) electrons. The van der Waals surface area contributed by atoms with Crippen molar-refractivity contribution in [1.29, 1.82) is 0 Å². The van der Waals surface area contributed by atoms with E-state index in [1.165, 1.54) is 0 Å². The fourth-order valence-corrected chi connectivity index (χ4v) is 1.44. The first-order chi connectivity index (χ1) is 6.33. The third-order valence-electron chi connectivity index (χ3n) is 2.16. The summed E-state index contributed by atoms with van der Waals surface area (Å²) >= 11 is 0. The van der Waals surface area contributed by atoms with E-state index in [0.717, 1.165) is 22.3 Å². The van der Waals surface area contributed by atoms with Crippen molar-refractivity contribution in [1.82, 2.24) is 0 Å². The van der Waals surface area contributed by atoms with Gasteiger partial charge in [0.1, 0.15) is 18.0 Å². The Bertz CT molecular complexity index is 420. The highest BCUT2D eigenvalue weighted by atomic mass is 16.6. The van der Waals surface area contributed by atoms with Crippen LogP contribution in [-0.2, 0) is 11.4 Å². The predicted octanol–water partition coefficient (Wildman–Crippen LogP) is 2.13. The molecule has 0 spiro atoms. The summed E-state index contributed by atoms with van der Waals surface area (Å²) < 4.78 is 5.53. The topological polar surface area (TPSA) is 48.4 Å². The molecule has 1 aromatic heterocycles. The number of hydrogen-bond acceptors (Lipinski definition) is 3. The molecular weight excluding hydrogens is 166 g/mol. The predicted molar refractivity (Wildman–Crippen MR) is 49.9 cm³/mol. The second kappa shape index (κ2) is 3.20. The molecule has 1 heterocycles. The molecule has 0 saturated heterocycles. The van der Waals surface area contributed by atoms with Gasteiger partial charge in [-0.05, 0) is 13.0 Å². The van der Waals surface area contributed by atoms with Crippen molar-refractivity contribution >= 4 is 11.0 Å². The monoisotopic (exact) mass is 177 g/mol. The lowest BCUT2D eigenvalue weighted by Gasteiger charge is -1.93. The quantitative estimate of drug-likeness (QED) is 0.715. The number of para-hydroxylation sites is 1. The summed E-state index contributed by atoms with van der Waals surface area (Å²) in [6.45, 7) is 2.32. The number of benzene rings is 1. The molecule has 0 saturated carbocycles. The van der Waals surface area contributed by atoms with Gasteiger partial charge in [0.15, 0.2) is 0 Å². The van der Waals surface area contributed by atoms with E-state index in [0.29, 0.717) is 6.61 Å². The number of nitrogens with two attached hydrogens (primary N) is 1. The van der Waals surface area contributed by atoms with E-state index in [4.69, 9.17) is 10.3 Å². The minimum atomic E-state index is 0.320. The zero-order valence-electron chi connectivity index (χ0n) is 7.41. The first-order valence-electron chi connectivity index (χ1n) is 4.11. The smallest absolute Gasteiger partial charge is 0.135 e. The number of fused-ring (bicyclic) bond motifs is 1. The molecule has 0 unspecified atom stereocenters. The molecule has 68 valence electrons. The molecule has 0 aliphatic carbocycles. The number of hydrogen-bond donors (Lipinski definition) is 1. The van der Waals surface area contributed by atoms with Crippen LogP contribution in [-0.4, -0.2) is 0 Å². The van der Waals surface area contributed by atoms with Crippen molar-refractivity contribution in [2.24, 2.45) is 5.90 Å². The summed E-state index contributed by atoms with van der Waals surface area (Å²) in [6, 6.07) is 7.88. The fraction of sp³-hybridized carbons (Fsp3) is 0.200. The molecule has 0 aliphatic heterocycles. The number of aryl methyl sites for hydroxylation is 1. The third kappa shape index (κ3) is 1.32. The van der Waals surface area contributed by atoms with Crippen LogP contribution in [0.4, 0.5) is 0 Å². The molecule has 0 atom stereocenters. The lowest BCUT2D eigenvalue weighted by molar-refractivity contribution is 0.109. The summed E-state index contributed by atoms with van der Waals surface area (Å²) in [5.41, 5.74) is 1.98. The van der Waals surface area contributed by atoms with Crippen molar-refractivity contribution in [2.75, 3.05) is 0 Å². The van der Waals surface area contributed by atoms with Crippen LogP contribution in [0.3, 0.4) is 0 Å². The van der Waals surface area contributed by atoms with Crippen LogP contribution >= 0.6 is 0 Å². The normalized spacial score (nSPS) is 10.9. The summed E-state index contributed by atoms with van der Waals surface area (Å²) in [7, 11) is 0. The largest absolute Gasteiger partial charge is 0.458 e. The maximum Gasteiger partial charge on any atom is 0.135 e. The van der Waals surface area contributed by atoms with Crippen molar-refractivity contribution < 1.29 is 9.25 Å². The minimum Gasteiger partial charge on any atom is -0.458 e. The van der Waals surface area contributed by atoms with Gasteiger partial charge >= 0.3 is 0 Å². The Morgan fingerprint density at radius 1 is 1.38 bits per heavy atom. The van der Waals surface area contributed by atoms with Crippen LogP contribution in [0.5, 0.6) is 0 Å². The molecule has 3 nitrogen and oxygen atoms in total. The Labute approximate surface area is 76.0 Å². The first-order valence-corrected chi connectivity index (χ1v) is 4.11. The van der Waals surface area contributed by atoms with Gasteiger partial charge in [0, 0.05) is 10.9 Å². The van der Waals surface area contributed by atoms with Gasteiger partial charge in [0.05, 0.1) is 0 Å². The van der Waals surface area contributed by atoms with E-state index in [1.54, 1.807) is 0 Å². The average molecular weight is 177 g/mol. The molecule has 3 heteroatoms. The first kappa shape index (κ1) is 8.29. The van der Waals surface area contributed by atoms with Crippen molar-refractivity contribution in [3.63, 3.8) is 0 Å². The molecule has 0 aliphatic rings. The van der Waals surface area contributed by atoms with Crippen molar-refractivity contribution in [3.8, 4) is 0 Å².